The van der Waals surface area contributed by atoms with Gasteiger partial charge in [-0.15, -0.1) is 16.4 Å². The molecule has 3 aromatic heterocycles. The highest BCUT2D eigenvalue weighted by Crippen LogP contribution is 2.34. The van der Waals surface area contributed by atoms with Crippen molar-refractivity contribution in [1.82, 2.24) is 19.6 Å². The first-order valence-corrected chi connectivity index (χ1v) is 11.1. The van der Waals surface area contributed by atoms with Gasteiger partial charge in [-0.05, 0) is 23.4 Å². The molecule has 0 N–H and O–H groups in total. The first kappa shape index (κ1) is 18.9. The van der Waals surface area contributed by atoms with Crippen LogP contribution in [0.2, 0.25) is 0 Å². The van der Waals surface area contributed by atoms with E-state index in [-0.39, 0.29) is 17.4 Å². The molecule has 4 aromatic rings. The molecule has 150 valence electrons. The minimum Gasteiger partial charge on any atom is -0.294 e. The quantitative estimate of drug-likeness (QED) is 0.260. The summed E-state index contributed by atoms with van der Waals surface area (Å²) < 4.78 is 1.54. The Kier molecular flexibility index (Phi) is 4.80. The van der Waals surface area contributed by atoms with Gasteiger partial charge in [-0.1, -0.05) is 30.0 Å². The zero-order chi connectivity index (χ0) is 20.7. The third kappa shape index (κ3) is 3.59. The van der Waals surface area contributed by atoms with Crippen molar-refractivity contribution in [2.75, 3.05) is 0 Å². The molecule has 0 amide bonds. The Morgan fingerprint density at radius 2 is 2.13 bits per heavy atom. The van der Waals surface area contributed by atoms with Crippen molar-refractivity contribution < 1.29 is 9.72 Å². The maximum Gasteiger partial charge on any atom is 0.269 e. The molecule has 1 atom stereocenters. The number of nitro groups is 1. The van der Waals surface area contributed by atoms with Crippen LogP contribution in [0, 0.1) is 10.1 Å². The number of benzene rings is 1. The predicted molar refractivity (Wildman–Crippen MR) is 113 cm³/mol. The van der Waals surface area contributed by atoms with Gasteiger partial charge in [0.25, 0.3) is 11.5 Å². The summed E-state index contributed by atoms with van der Waals surface area (Å²) in [5, 5.41) is 17.9. The molecule has 1 aliphatic rings. The van der Waals surface area contributed by atoms with Gasteiger partial charge in [0.2, 0.25) is 5.16 Å². The summed E-state index contributed by atoms with van der Waals surface area (Å²) >= 11 is 3.04. The summed E-state index contributed by atoms with van der Waals surface area (Å²) in [6.45, 7) is 0. The van der Waals surface area contributed by atoms with Gasteiger partial charge in [0.1, 0.15) is 0 Å². The molecule has 0 saturated carbocycles. The molecule has 0 spiro atoms. The van der Waals surface area contributed by atoms with Crippen LogP contribution in [0.5, 0.6) is 0 Å². The average molecular weight is 438 g/mol. The number of aromatic nitrogens is 4. The normalized spacial score (nSPS) is 16.0. The Morgan fingerprint density at radius 1 is 1.23 bits per heavy atom. The lowest BCUT2D eigenvalue weighted by Gasteiger charge is -2.21. The largest absolute Gasteiger partial charge is 0.294 e. The Hall–Kier alpha value is -3.11. The summed E-state index contributed by atoms with van der Waals surface area (Å²) in [6, 6.07) is 10.6. The average Bonchev–Trinajstić information content (AvgIpc) is 3.40. The predicted octanol–water partition coefficient (Wildman–Crippen LogP) is 4.30. The van der Waals surface area contributed by atoms with Gasteiger partial charge in [0, 0.05) is 41.3 Å². The number of Topliss-reactive ketones (excluding diaryl/α,β-unsaturated/α-hetero) is 1. The van der Waals surface area contributed by atoms with Crippen molar-refractivity contribution in [2.45, 2.75) is 29.7 Å². The summed E-state index contributed by atoms with van der Waals surface area (Å²) in [7, 11) is 0. The number of carbonyl (C=O) groups is 1. The number of thiophene rings is 1. The Balaban J connectivity index is 1.38. The number of rotatable bonds is 5. The third-order valence-electron chi connectivity index (χ3n) is 5.00. The van der Waals surface area contributed by atoms with Gasteiger partial charge >= 0.3 is 0 Å². The van der Waals surface area contributed by atoms with Crippen LogP contribution in [0.25, 0.3) is 5.78 Å². The molecule has 10 heteroatoms. The van der Waals surface area contributed by atoms with E-state index in [1.54, 1.807) is 29.7 Å². The molecule has 0 bridgehead atoms. The smallest absolute Gasteiger partial charge is 0.269 e. The summed E-state index contributed by atoms with van der Waals surface area (Å²) in [6.07, 6.45) is 2.90. The van der Waals surface area contributed by atoms with E-state index in [4.69, 9.17) is 0 Å². The number of thioether (sulfide) groups is 1. The minimum atomic E-state index is -0.410. The fraction of sp³-hybridized carbons (Fsp3) is 0.200. The van der Waals surface area contributed by atoms with E-state index in [9.17, 15) is 14.9 Å². The van der Waals surface area contributed by atoms with Crippen molar-refractivity contribution in [3.63, 3.8) is 0 Å². The van der Waals surface area contributed by atoms with E-state index in [2.05, 4.69) is 21.1 Å². The number of nitro benzene ring substituents is 1. The van der Waals surface area contributed by atoms with E-state index in [1.807, 2.05) is 17.5 Å². The molecule has 30 heavy (non-hydrogen) atoms. The second kappa shape index (κ2) is 7.62. The summed E-state index contributed by atoms with van der Waals surface area (Å²) in [4.78, 5) is 33.5. The first-order valence-electron chi connectivity index (χ1n) is 9.26. The van der Waals surface area contributed by atoms with Gasteiger partial charge in [-0.3, -0.25) is 14.9 Å². The Labute approximate surface area is 179 Å². The maximum absolute atomic E-state index is 12.7. The van der Waals surface area contributed by atoms with E-state index < -0.39 is 4.92 Å². The van der Waals surface area contributed by atoms with Crippen LogP contribution in [0.1, 0.15) is 38.8 Å². The zero-order valence-corrected chi connectivity index (χ0v) is 17.2. The van der Waals surface area contributed by atoms with Crippen molar-refractivity contribution in [1.29, 1.82) is 0 Å². The molecule has 1 aromatic carbocycles. The van der Waals surface area contributed by atoms with E-state index in [0.29, 0.717) is 35.1 Å². The van der Waals surface area contributed by atoms with Crippen LogP contribution >= 0.6 is 23.1 Å². The number of hydrogen-bond donors (Lipinski definition) is 0. The van der Waals surface area contributed by atoms with E-state index in [1.165, 1.54) is 27.2 Å². The highest BCUT2D eigenvalue weighted by atomic mass is 32.2. The SMILES string of the molecule is O=C1C[C@@H](c2cccs2)Cc2nc3nc(SCc4cccc([N+](=O)[O-])c4)nn3cc21. The maximum atomic E-state index is 12.7. The van der Waals surface area contributed by atoms with Gasteiger partial charge in [0.15, 0.2) is 5.78 Å². The second-order valence-electron chi connectivity index (χ2n) is 7.00. The second-order valence-corrected chi connectivity index (χ2v) is 8.92. The molecule has 8 nitrogen and oxygen atoms in total. The summed E-state index contributed by atoms with van der Waals surface area (Å²) in [5.74, 6) is 1.18. The van der Waals surface area contributed by atoms with E-state index in [0.717, 1.165) is 11.3 Å². The fourth-order valence-corrected chi connectivity index (χ4v) is 5.16. The van der Waals surface area contributed by atoms with Gasteiger partial charge in [0.05, 0.1) is 16.2 Å². The van der Waals surface area contributed by atoms with Crippen LogP contribution in [-0.2, 0) is 12.2 Å². The number of hydrogen-bond acceptors (Lipinski definition) is 8. The molecule has 3 heterocycles. The molecule has 0 saturated heterocycles. The van der Waals surface area contributed by atoms with Crippen molar-refractivity contribution >= 4 is 40.3 Å². The monoisotopic (exact) mass is 437 g/mol. The van der Waals surface area contributed by atoms with Crippen molar-refractivity contribution in [2.24, 2.45) is 0 Å². The highest BCUT2D eigenvalue weighted by molar-refractivity contribution is 7.98. The van der Waals surface area contributed by atoms with Crippen LogP contribution < -0.4 is 0 Å². The lowest BCUT2D eigenvalue weighted by atomic mass is 9.86. The lowest BCUT2D eigenvalue weighted by Crippen LogP contribution is -2.20. The highest BCUT2D eigenvalue weighted by Gasteiger charge is 2.29. The Morgan fingerprint density at radius 3 is 2.93 bits per heavy atom. The first-order chi connectivity index (χ1) is 14.6. The summed E-state index contributed by atoms with van der Waals surface area (Å²) in [5.41, 5.74) is 2.24. The number of nitrogens with zero attached hydrogens (tertiary/aromatic N) is 5. The van der Waals surface area contributed by atoms with Crippen LogP contribution in [0.4, 0.5) is 5.69 Å². The number of carbonyl (C=O) groups excluding carboxylic acids is 1. The van der Waals surface area contributed by atoms with Crippen molar-refractivity contribution in [3.8, 4) is 0 Å². The third-order valence-corrected chi connectivity index (χ3v) is 6.94. The number of non-ortho nitro benzene ring substituents is 1. The fourth-order valence-electron chi connectivity index (χ4n) is 3.56. The molecule has 0 unspecified atom stereocenters. The molecule has 0 radical (unpaired) electrons. The molecule has 1 aliphatic carbocycles. The lowest BCUT2D eigenvalue weighted by molar-refractivity contribution is -0.384. The molecule has 5 rings (SSSR count). The molecular formula is C20H15N5O3S2. The van der Waals surface area contributed by atoms with E-state index >= 15 is 0 Å². The van der Waals surface area contributed by atoms with Gasteiger partial charge in [-0.25, -0.2) is 9.50 Å². The number of ketones is 1. The molecular weight excluding hydrogens is 422 g/mol. The van der Waals surface area contributed by atoms with Crippen LogP contribution in [-0.4, -0.2) is 30.3 Å². The molecule has 0 fully saturated rings. The van der Waals surface area contributed by atoms with Gasteiger partial charge < -0.3 is 0 Å². The molecule has 0 aliphatic heterocycles. The Bertz CT molecular complexity index is 1270. The van der Waals surface area contributed by atoms with Gasteiger partial charge in [-0.2, -0.15) is 4.98 Å². The van der Waals surface area contributed by atoms with Crippen molar-refractivity contribution in [3.05, 3.63) is 79.8 Å². The zero-order valence-electron chi connectivity index (χ0n) is 15.6. The topological polar surface area (TPSA) is 103 Å². The number of fused-ring (bicyclic) bond motifs is 2. The minimum absolute atomic E-state index is 0.0595. The standard InChI is InChI=1S/C20H15N5O3S2/c26-17-9-13(18-5-2-6-29-18)8-16-15(17)10-24-19(21-16)22-20(23-24)30-11-12-3-1-4-14(7-12)25(27)28/h1-7,10,13H,8-9,11H2/t13-/m0/s1. The van der Waals surface area contributed by atoms with Crippen LogP contribution in [0.3, 0.4) is 0 Å². The van der Waals surface area contributed by atoms with Crippen LogP contribution in [0.15, 0.2) is 53.1 Å².